The molecule has 0 saturated carbocycles. The number of unbranched alkanes of at least 4 members (excludes halogenated alkanes) is 5. The van der Waals surface area contributed by atoms with E-state index in [-0.39, 0.29) is 28.9 Å². The average Bonchev–Trinajstić information content (AvgIpc) is 3.21. The molecule has 0 aliphatic carbocycles. The minimum atomic E-state index is -0.312. The molecule has 8 nitrogen and oxygen atoms in total. The second kappa shape index (κ2) is 15.4. The van der Waals surface area contributed by atoms with Gasteiger partial charge in [-0.25, -0.2) is 0 Å². The van der Waals surface area contributed by atoms with Gasteiger partial charge < -0.3 is 9.64 Å². The van der Waals surface area contributed by atoms with Crippen LogP contribution in [0.4, 0.5) is 5.82 Å². The van der Waals surface area contributed by atoms with Crippen LogP contribution in [0.3, 0.4) is 0 Å². The van der Waals surface area contributed by atoms with Crippen molar-refractivity contribution >= 4 is 52.1 Å². The van der Waals surface area contributed by atoms with Crippen molar-refractivity contribution in [3.8, 4) is 6.07 Å². The van der Waals surface area contributed by atoms with E-state index in [1.54, 1.807) is 23.3 Å². The van der Waals surface area contributed by atoms with E-state index in [9.17, 15) is 19.6 Å². The number of esters is 1. The molecule has 0 spiro atoms. The molecule has 0 atom stereocenters. The van der Waals surface area contributed by atoms with Gasteiger partial charge in [-0.2, -0.15) is 5.26 Å². The Morgan fingerprint density at radius 3 is 2.38 bits per heavy atom. The van der Waals surface area contributed by atoms with E-state index in [1.807, 2.05) is 6.08 Å². The fourth-order valence-electron chi connectivity index (χ4n) is 5.29. The molecule has 2 aliphatic rings. The van der Waals surface area contributed by atoms with Crippen LogP contribution in [0.25, 0.3) is 6.08 Å². The van der Waals surface area contributed by atoms with Crippen molar-refractivity contribution in [1.82, 2.24) is 9.47 Å². The predicted molar refractivity (Wildman–Crippen MR) is 165 cm³/mol. The van der Waals surface area contributed by atoms with Gasteiger partial charge in [0.2, 0.25) is 0 Å². The van der Waals surface area contributed by atoms with Crippen molar-refractivity contribution in [1.29, 1.82) is 5.26 Å². The summed E-state index contributed by atoms with van der Waals surface area (Å²) < 4.78 is 7.48. The molecule has 0 aromatic carbocycles. The number of anilines is 1. The molecule has 1 aromatic rings. The number of carbonyl (C=O) groups is 2. The lowest BCUT2D eigenvalue weighted by Crippen LogP contribution is -2.41. The van der Waals surface area contributed by atoms with E-state index in [4.69, 9.17) is 17.0 Å². The molecule has 0 bridgehead atoms. The largest absolute Gasteiger partial charge is 0.466 e. The molecule has 1 aromatic heterocycles. The third-order valence-corrected chi connectivity index (χ3v) is 9.01. The normalized spacial score (nSPS) is 17.1. The summed E-state index contributed by atoms with van der Waals surface area (Å²) in [7, 11) is 0. The molecule has 3 rings (SSSR count). The highest BCUT2D eigenvalue weighted by molar-refractivity contribution is 8.26. The summed E-state index contributed by atoms with van der Waals surface area (Å²) in [5.74, 6) is 0.229. The number of piperidine rings is 1. The maximum atomic E-state index is 13.5. The molecule has 218 valence electrons. The van der Waals surface area contributed by atoms with Crippen LogP contribution in [-0.4, -0.2) is 51.9 Å². The molecule has 10 heteroatoms. The van der Waals surface area contributed by atoms with Crippen LogP contribution in [0.2, 0.25) is 0 Å². The van der Waals surface area contributed by atoms with Crippen molar-refractivity contribution in [3.63, 3.8) is 0 Å². The maximum Gasteiger partial charge on any atom is 0.309 e. The van der Waals surface area contributed by atoms with Crippen molar-refractivity contribution < 1.29 is 14.3 Å². The second-order valence-corrected chi connectivity index (χ2v) is 12.1. The monoisotopic (exact) mass is 586 g/mol. The minimum Gasteiger partial charge on any atom is -0.466 e. The number of pyridine rings is 1. The molecular formula is C30H42N4O4S2. The van der Waals surface area contributed by atoms with Crippen molar-refractivity contribution in [2.24, 2.45) is 5.92 Å². The van der Waals surface area contributed by atoms with Gasteiger partial charge in [-0.15, -0.1) is 0 Å². The molecule has 0 radical (unpaired) electrons. The van der Waals surface area contributed by atoms with Gasteiger partial charge in [0.05, 0.1) is 17.4 Å². The minimum absolute atomic E-state index is 0.0962. The highest BCUT2D eigenvalue weighted by atomic mass is 32.2. The average molecular weight is 587 g/mol. The molecular weight excluding hydrogens is 544 g/mol. The van der Waals surface area contributed by atoms with E-state index >= 15 is 0 Å². The predicted octanol–water partition coefficient (Wildman–Crippen LogP) is 5.78. The number of thiocarbonyl (C=S) groups is 1. The first kappa shape index (κ1) is 31.9. The SMILES string of the molecule is CCCCCCCN1C(=O)/C(=C/c2c(C)c(C#N)c(=O)n(CCCC)c2N2CCC(C(=O)OCC)CC2)SC1=S. The third kappa shape index (κ3) is 7.35. The summed E-state index contributed by atoms with van der Waals surface area (Å²) in [5.41, 5.74) is 1.05. The van der Waals surface area contributed by atoms with Gasteiger partial charge in [-0.1, -0.05) is 69.9 Å². The van der Waals surface area contributed by atoms with Crippen LogP contribution < -0.4 is 10.5 Å². The zero-order valence-corrected chi connectivity index (χ0v) is 25.9. The number of hydrogen-bond acceptors (Lipinski definition) is 8. The molecule has 3 heterocycles. The first-order valence-electron chi connectivity index (χ1n) is 14.6. The lowest BCUT2D eigenvalue weighted by Gasteiger charge is -2.35. The van der Waals surface area contributed by atoms with Crippen LogP contribution in [0.15, 0.2) is 9.70 Å². The Hall–Kier alpha value is -2.64. The number of rotatable bonds is 13. The smallest absolute Gasteiger partial charge is 0.309 e. The first-order chi connectivity index (χ1) is 19.3. The van der Waals surface area contributed by atoms with Gasteiger partial charge in [-0.3, -0.25) is 23.9 Å². The summed E-state index contributed by atoms with van der Waals surface area (Å²) >= 11 is 6.86. The zero-order chi connectivity index (χ0) is 29.2. The number of nitriles is 1. The van der Waals surface area contributed by atoms with Gasteiger partial charge in [0.1, 0.15) is 21.8 Å². The van der Waals surface area contributed by atoms with E-state index in [1.165, 1.54) is 18.2 Å². The van der Waals surface area contributed by atoms with E-state index in [0.717, 1.165) is 38.5 Å². The standard InChI is InChI=1S/C30H42N4O4S2/c1-5-8-10-11-12-16-34-28(36)25(40-30(34)39)19-23-21(4)24(20-31)27(35)33(15-9-6-2)26(23)32-17-13-22(14-18-32)29(37)38-7-3/h19,22H,5-18H2,1-4H3/b25-19-. The summed E-state index contributed by atoms with van der Waals surface area (Å²) in [6.45, 7) is 10.4. The molecule has 2 saturated heterocycles. The van der Waals surface area contributed by atoms with Crippen LogP contribution >= 0.6 is 24.0 Å². The number of amides is 1. The Kier molecular flexibility index (Phi) is 12.3. The van der Waals surface area contributed by atoms with Gasteiger partial charge in [0.25, 0.3) is 11.5 Å². The number of hydrogen-bond donors (Lipinski definition) is 0. The van der Waals surface area contributed by atoms with Gasteiger partial charge in [0.15, 0.2) is 0 Å². The Balaban J connectivity index is 2.01. The van der Waals surface area contributed by atoms with Crippen molar-refractivity contribution in [2.45, 2.75) is 92.0 Å². The zero-order valence-electron chi connectivity index (χ0n) is 24.3. The van der Waals surface area contributed by atoms with Crippen LogP contribution in [0, 0.1) is 24.2 Å². The van der Waals surface area contributed by atoms with E-state index < -0.39 is 0 Å². The fourth-order valence-corrected chi connectivity index (χ4v) is 6.58. The van der Waals surface area contributed by atoms with Gasteiger partial charge in [0, 0.05) is 31.7 Å². The Bertz CT molecular complexity index is 1230. The number of aromatic nitrogens is 1. The second-order valence-electron chi connectivity index (χ2n) is 10.4. The Labute approximate surface area is 247 Å². The lowest BCUT2D eigenvalue weighted by molar-refractivity contribution is -0.148. The van der Waals surface area contributed by atoms with Gasteiger partial charge in [-0.05, 0) is 51.2 Å². The maximum absolute atomic E-state index is 13.5. The van der Waals surface area contributed by atoms with E-state index in [0.29, 0.717) is 71.8 Å². The summed E-state index contributed by atoms with van der Waals surface area (Å²) in [6, 6.07) is 2.11. The fraction of sp³-hybridized carbons (Fsp3) is 0.633. The van der Waals surface area contributed by atoms with Gasteiger partial charge >= 0.3 is 5.97 Å². The number of ether oxygens (including phenoxy) is 1. The Morgan fingerprint density at radius 1 is 1.07 bits per heavy atom. The number of nitrogens with zero attached hydrogens (tertiary/aromatic N) is 4. The number of carbonyl (C=O) groups excluding carboxylic acids is 2. The highest BCUT2D eigenvalue weighted by Gasteiger charge is 2.34. The van der Waals surface area contributed by atoms with E-state index in [2.05, 4.69) is 24.8 Å². The third-order valence-electron chi connectivity index (χ3n) is 7.63. The molecule has 40 heavy (non-hydrogen) atoms. The molecule has 0 unspecified atom stereocenters. The molecule has 2 fully saturated rings. The number of thioether (sulfide) groups is 1. The molecule has 2 aliphatic heterocycles. The molecule has 0 N–H and O–H groups in total. The summed E-state index contributed by atoms with van der Waals surface area (Å²) in [4.78, 5) is 43.6. The Morgan fingerprint density at radius 2 is 1.75 bits per heavy atom. The van der Waals surface area contributed by atoms with Crippen molar-refractivity contribution in [2.75, 3.05) is 31.1 Å². The van der Waals surface area contributed by atoms with Crippen LogP contribution in [-0.2, 0) is 20.9 Å². The van der Waals surface area contributed by atoms with Crippen molar-refractivity contribution in [3.05, 3.63) is 31.9 Å². The highest BCUT2D eigenvalue weighted by Crippen LogP contribution is 2.37. The van der Waals surface area contributed by atoms with Crippen LogP contribution in [0.5, 0.6) is 0 Å². The summed E-state index contributed by atoms with van der Waals surface area (Å²) in [6.07, 6.45) is 10.2. The lowest BCUT2D eigenvalue weighted by atomic mass is 9.95. The van der Waals surface area contributed by atoms with Crippen LogP contribution in [0.1, 0.15) is 95.2 Å². The quantitative estimate of drug-likeness (QED) is 0.124. The topological polar surface area (TPSA) is 95.6 Å². The summed E-state index contributed by atoms with van der Waals surface area (Å²) in [5, 5.41) is 9.93. The first-order valence-corrected chi connectivity index (χ1v) is 15.9. The molecule has 1 amide bonds.